The van der Waals surface area contributed by atoms with Crippen LogP contribution >= 0.6 is 0 Å². The molecule has 4 aromatic rings. The molecule has 34 heavy (non-hydrogen) atoms. The molecule has 0 spiro atoms. The van der Waals surface area contributed by atoms with Crippen molar-refractivity contribution in [2.75, 3.05) is 26.4 Å². The van der Waals surface area contributed by atoms with Crippen LogP contribution in [0.2, 0.25) is 0 Å². The summed E-state index contributed by atoms with van der Waals surface area (Å²) in [4.78, 5) is 11.1. The number of hydrogen-bond donors (Lipinski definition) is 0. The Bertz CT molecular complexity index is 1200. The molecular formula is C29H29N3O2. The Balaban J connectivity index is 1.42. The first-order valence-corrected chi connectivity index (χ1v) is 11.8. The van der Waals surface area contributed by atoms with Gasteiger partial charge in [0, 0.05) is 44.6 Å². The zero-order chi connectivity index (χ0) is 23.0. The summed E-state index contributed by atoms with van der Waals surface area (Å²) in [5, 5.41) is 0. The third kappa shape index (κ3) is 5.87. The van der Waals surface area contributed by atoms with Crippen molar-refractivity contribution in [3.63, 3.8) is 0 Å². The summed E-state index contributed by atoms with van der Waals surface area (Å²) >= 11 is 0. The molecule has 0 saturated heterocycles. The van der Waals surface area contributed by atoms with Gasteiger partial charge in [0.05, 0.1) is 18.9 Å². The third-order valence-electron chi connectivity index (χ3n) is 6.02. The lowest BCUT2D eigenvalue weighted by Gasteiger charge is -2.23. The summed E-state index contributed by atoms with van der Waals surface area (Å²) in [5.41, 5.74) is 7.13. The van der Waals surface area contributed by atoms with Gasteiger partial charge < -0.3 is 9.47 Å². The second kappa shape index (κ2) is 11.1. The van der Waals surface area contributed by atoms with E-state index in [9.17, 15) is 0 Å². The highest BCUT2D eigenvalue weighted by Crippen LogP contribution is 2.29. The molecule has 0 fully saturated rings. The highest BCUT2D eigenvalue weighted by atomic mass is 16.5. The Morgan fingerprint density at radius 2 is 1.68 bits per heavy atom. The summed E-state index contributed by atoms with van der Waals surface area (Å²) in [7, 11) is 0. The van der Waals surface area contributed by atoms with Gasteiger partial charge >= 0.3 is 0 Å². The monoisotopic (exact) mass is 451 g/mol. The zero-order valence-corrected chi connectivity index (χ0v) is 19.3. The number of fused-ring (bicyclic) bond motifs is 3. The molecule has 0 unspecified atom stereocenters. The van der Waals surface area contributed by atoms with Crippen LogP contribution in [-0.4, -0.2) is 41.2 Å². The summed E-state index contributed by atoms with van der Waals surface area (Å²) in [5.74, 6) is 0.917. The minimum atomic E-state index is 0.530. The van der Waals surface area contributed by atoms with Crippen molar-refractivity contribution in [1.29, 1.82) is 0 Å². The maximum atomic E-state index is 6.16. The first-order valence-electron chi connectivity index (χ1n) is 11.8. The predicted octanol–water partition coefficient (Wildman–Crippen LogP) is 5.15. The molecule has 5 rings (SSSR count). The van der Waals surface area contributed by atoms with Gasteiger partial charge in [-0.25, -0.2) is 0 Å². The molecule has 172 valence electrons. The van der Waals surface area contributed by atoms with Gasteiger partial charge in [-0.3, -0.25) is 14.9 Å². The Labute approximate surface area is 201 Å². The number of aromatic nitrogens is 2. The van der Waals surface area contributed by atoms with E-state index in [1.807, 2.05) is 42.9 Å². The second-order valence-electron chi connectivity index (χ2n) is 8.55. The summed E-state index contributed by atoms with van der Waals surface area (Å²) < 4.78 is 12.1. The quantitative estimate of drug-likeness (QED) is 0.431. The fraction of sp³-hybridized carbons (Fsp3) is 0.241. The highest BCUT2D eigenvalue weighted by Gasteiger charge is 2.12. The minimum Gasteiger partial charge on any atom is -0.491 e. The standard InChI is InChI=1S/C29H29N3O2/c1-2-11-31-28(6-1)22-32-14-15-33-16-17-34-29-8-7-26(25-9-12-30-13-10-25)20-27(29)19-23-4-3-5-24(18-23)21-32/h1-13,18,20H,14-17,19,21-22H2. The van der Waals surface area contributed by atoms with Gasteiger partial charge in [-0.1, -0.05) is 36.4 Å². The smallest absolute Gasteiger partial charge is 0.122 e. The number of hydrogen-bond acceptors (Lipinski definition) is 5. The molecule has 0 radical (unpaired) electrons. The van der Waals surface area contributed by atoms with Crippen molar-refractivity contribution in [2.45, 2.75) is 19.5 Å². The van der Waals surface area contributed by atoms with E-state index < -0.39 is 0 Å². The number of rotatable bonds is 3. The van der Waals surface area contributed by atoms with Gasteiger partial charge in [0.2, 0.25) is 0 Å². The van der Waals surface area contributed by atoms with E-state index in [2.05, 4.69) is 63.4 Å². The number of pyridine rings is 2. The van der Waals surface area contributed by atoms with Gasteiger partial charge in [0.25, 0.3) is 0 Å². The molecule has 0 aliphatic carbocycles. The summed E-state index contributed by atoms with van der Waals surface area (Å²) in [6, 6.07) is 25.4. The van der Waals surface area contributed by atoms with Crippen molar-refractivity contribution >= 4 is 0 Å². The van der Waals surface area contributed by atoms with Gasteiger partial charge in [0.15, 0.2) is 0 Å². The topological polar surface area (TPSA) is 47.5 Å². The summed E-state index contributed by atoms with van der Waals surface area (Å²) in [6.07, 6.45) is 6.32. The SMILES string of the molecule is c1ccc(CN2CCOCCOc3ccc(-c4ccncc4)cc3Cc3cccc(c3)C2)nc1. The van der Waals surface area contributed by atoms with E-state index in [1.54, 1.807) is 0 Å². The van der Waals surface area contributed by atoms with Crippen molar-refractivity contribution in [3.05, 3.63) is 114 Å². The molecule has 0 N–H and O–H groups in total. The third-order valence-corrected chi connectivity index (χ3v) is 6.02. The molecule has 0 saturated carbocycles. The normalized spacial score (nSPS) is 15.1. The lowest BCUT2D eigenvalue weighted by atomic mass is 9.97. The number of benzene rings is 2. The maximum Gasteiger partial charge on any atom is 0.122 e. The summed E-state index contributed by atoms with van der Waals surface area (Å²) in [6.45, 7) is 4.24. The Hall–Kier alpha value is -3.54. The fourth-order valence-corrected chi connectivity index (χ4v) is 4.34. The Morgan fingerprint density at radius 1 is 0.765 bits per heavy atom. The fourth-order valence-electron chi connectivity index (χ4n) is 4.34. The molecule has 3 heterocycles. The van der Waals surface area contributed by atoms with E-state index in [-0.39, 0.29) is 0 Å². The van der Waals surface area contributed by atoms with Gasteiger partial charge in [-0.2, -0.15) is 0 Å². The van der Waals surface area contributed by atoms with E-state index in [0.29, 0.717) is 19.8 Å². The maximum absolute atomic E-state index is 6.16. The van der Waals surface area contributed by atoms with E-state index >= 15 is 0 Å². The molecule has 5 heteroatoms. The van der Waals surface area contributed by atoms with Crippen LogP contribution in [0.1, 0.15) is 22.4 Å². The Morgan fingerprint density at radius 3 is 2.56 bits per heavy atom. The minimum absolute atomic E-state index is 0.530. The van der Waals surface area contributed by atoms with Crippen LogP contribution < -0.4 is 4.74 Å². The average molecular weight is 452 g/mol. The lowest BCUT2D eigenvalue weighted by Crippen LogP contribution is -2.28. The molecule has 1 aliphatic heterocycles. The molecule has 0 atom stereocenters. The molecular weight excluding hydrogens is 422 g/mol. The molecule has 0 amide bonds. The van der Waals surface area contributed by atoms with Crippen molar-refractivity contribution in [1.82, 2.24) is 14.9 Å². The molecule has 5 nitrogen and oxygen atoms in total. The van der Waals surface area contributed by atoms with Crippen molar-refractivity contribution in [3.8, 4) is 16.9 Å². The first kappa shape index (κ1) is 22.3. The number of ether oxygens (including phenoxy) is 2. The molecule has 2 aromatic carbocycles. The van der Waals surface area contributed by atoms with Crippen LogP contribution in [0.5, 0.6) is 5.75 Å². The first-order chi connectivity index (χ1) is 16.8. The van der Waals surface area contributed by atoms with Crippen LogP contribution in [0.3, 0.4) is 0 Å². The van der Waals surface area contributed by atoms with Crippen LogP contribution in [0.15, 0.2) is 91.4 Å². The van der Waals surface area contributed by atoms with Crippen molar-refractivity contribution in [2.24, 2.45) is 0 Å². The van der Waals surface area contributed by atoms with E-state index in [4.69, 9.17) is 9.47 Å². The lowest BCUT2D eigenvalue weighted by molar-refractivity contribution is 0.0754. The molecule has 2 aromatic heterocycles. The van der Waals surface area contributed by atoms with E-state index in [1.165, 1.54) is 22.3 Å². The Kier molecular flexibility index (Phi) is 7.24. The van der Waals surface area contributed by atoms with Crippen LogP contribution in [0, 0.1) is 0 Å². The van der Waals surface area contributed by atoms with E-state index in [0.717, 1.165) is 43.1 Å². The van der Waals surface area contributed by atoms with Crippen LogP contribution in [0.4, 0.5) is 0 Å². The van der Waals surface area contributed by atoms with Crippen LogP contribution in [-0.2, 0) is 24.2 Å². The average Bonchev–Trinajstić information content (AvgIpc) is 2.87. The highest BCUT2D eigenvalue weighted by molar-refractivity contribution is 5.65. The predicted molar refractivity (Wildman–Crippen MR) is 134 cm³/mol. The second-order valence-corrected chi connectivity index (χ2v) is 8.55. The zero-order valence-electron chi connectivity index (χ0n) is 19.3. The largest absolute Gasteiger partial charge is 0.491 e. The molecule has 2 bridgehead atoms. The van der Waals surface area contributed by atoms with Crippen LogP contribution in [0.25, 0.3) is 11.1 Å². The molecule has 1 aliphatic rings. The van der Waals surface area contributed by atoms with Gasteiger partial charge in [-0.05, 0) is 64.2 Å². The van der Waals surface area contributed by atoms with Crippen molar-refractivity contribution < 1.29 is 9.47 Å². The van der Waals surface area contributed by atoms with Gasteiger partial charge in [0.1, 0.15) is 12.4 Å². The number of nitrogens with zero attached hydrogens (tertiary/aromatic N) is 3. The van der Waals surface area contributed by atoms with Gasteiger partial charge in [-0.15, -0.1) is 0 Å².